The van der Waals surface area contributed by atoms with Gasteiger partial charge in [0.05, 0.1) is 9.82 Å². The fraction of sp³-hybridized carbons (Fsp3) is 0.500. The van der Waals surface area contributed by atoms with Crippen LogP contribution in [-0.2, 0) is 10.0 Å². The van der Waals surface area contributed by atoms with E-state index in [1.54, 1.807) is 6.92 Å². The summed E-state index contributed by atoms with van der Waals surface area (Å²) >= 11 is 0. The summed E-state index contributed by atoms with van der Waals surface area (Å²) < 4.78 is 26.7. The SMILES string of the molecule is CCNCCCNS(=O)(=O)c1cc([N+](=O)[O-])ccc1C. The second-order valence-electron chi connectivity index (χ2n) is 4.31. The monoisotopic (exact) mass is 301 g/mol. The van der Waals surface area contributed by atoms with Crippen molar-refractivity contribution < 1.29 is 13.3 Å². The molecule has 0 radical (unpaired) electrons. The van der Waals surface area contributed by atoms with Gasteiger partial charge in [0.25, 0.3) is 5.69 Å². The highest BCUT2D eigenvalue weighted by atomic mass is 32.2. The molecule has 0 aliphatic rings. The average molecular weight is 301 g/mol. The van der Waals surface area contributed by atoms with Gasteiger partial charge in [-0.1, -0.05) is 13.0 Å². The van der Waals surface area contributed by atoms with Crippen LogP contribution in [0, 0.1) is 17.0 Å². The second-order valence-corrected chi connectivity index (χ2v) is 6.05. The summed E-state index contributed by atoms with van der Waals surface area (Å²) in [4.78, 5) is 10.1. The summed E-state index contributed by atoms with van der Waals surface area (Å²) in [7, 11) is -3.72. The van der Waals surface area contributed by atoms with Crippen LogP contribution in [0.5, 0.6) is 0 Å². The van der Waals surface area contributed by atoms with E-state index in [2.05, 4.69) is 10.0 Å². The molecule has 2 N–H and O–H groups in total. The van der Waals surface area contributed by atoms with Crippen LogP contribution in [0.4, 0.5) is 5.69 Å². The van der Waals surface area contributed by atoms with Gasteiger partial charge in [-0.25, -0.2) is 13.1 Å². The van der Waals surface area contributed by atoms with Crippen LogP contribution in [0.2, 0.25) is 0 Å². The zero-order chi connectivity index (χ0) is 15.2. The first-order valence-corrected chi connectivity index (χ1v) is 7.82. The number of sulfonamides is 1. The Labute approximate surface area is 118 Å². The third kappa shape index (κ3) is 4.55. The lowest BCUT2D eigenvalue weighted by Crippen LogP contribution is -2.28. The van der Waals surface area contributed by atoms with Crippen molar-refractivity contribution in [2.75, 3.05) is 19.6 Å². The van der Waals surface area contributed by atoms with Crippen LogP contribution < -0.4 is 10.0 Å². The van der Waals surface area contributed by atoms with E-state index in [1.165, 1.54) is 12.1 Å². The number of nitro groups is 1. The Morgan fingerprint density at radius 2 is 2.00 bits per heavy atom. The molecule has 0 bridgehead atoms. The van der Waals surface area contributed by atoms with E-state index in [1.807, 2.05) is 6.92 Å². The molecule has 0 saturated heterocycles. The Balaban J connectivity index is 2.81. The summed E-state index contributed by atoms with van der Waals surface area (Å²) in [5, 5.41) is 13.8. The van der Waals surface area contributed by atoms with E-state index in [0.29, 0.717) is 18.5 Å². The summed E-state index contributed by atoms with van der Waals surface area (Å²) in [5.41, 5.74) is 0.249. The summed E-state index contributed by atoms with van der Waals surface area (Å²) in [6.45, 7) is 5.41. The highest BCUT2D eigenvalue weighted by Gasteiger charge is 2.19. The highest BCUT2D eigenvalue weighted by molar-refractivity contribution is 7.89. The first-order chi connectivity index (χ1) is 9.38. The third-order valence-electron chi connectivity index (χ3n) is 2.74. The predicted octanol–water partition coefficient (Wildman–Crippen LogP) is 1.18. The number of aryl methyl sites for hydroxylation is 1. The van der Waals surface area contributed by atoms with E-state index in [0.717, 1.165) is 12.6 Å². The summed E-state index contributed by atoms with van der Waals surface area (Å²) in [6.07, 6.45) is 0.654. The molecule has 8 heteroatoms. The smallest absolute Gasteiger partial charge is 0.270 e. The Bertz CT molecular complexity index is 572. The standard InChI is InChI=1S/C12H19N3O4S/c1-3-13-7-4-8-14-20(18,19)12-9-11(15(16)17)6-5-10(12)2/h5-6,9,13-14H,3-4,7-8H2,1-2H3. The molecule has 20 heavy (non-hydrogen) atoms. The number of rotatable bonds is 8. The van der Waals surface area contributed by atoms with Crippen molar-refractivity contribution >= 4 is 15.7 Å². The molecule has 0 saturated carbocycles. The van der Waals surface area contributed by atoms with Crippen LogP contribution in [0.3, 0.4) is 0 Å². The zero-order valence-corrected chi connectivity index (χ0v) is 12.4. The number of hydrogen-bond acceptors (Lipinski definition) is 5. The topological polar surface area (TPSA) is 101 Å². The van der Waals surface area contributed by atoms with Gasteiger partial charge in [0.15, 0.2) is 0 Å². The fourth-order valence-electron chi connectivity index (χ4n) is 1.67. The first-order valence-electron chi connectivity index (χ1n) is 6.34. The molecule has 0 fully saturated rings. The van der Waals surface area contributed by atoms with Gasteiger partial charge in [-0.3, -0.25) is 10.1 Å². The number of nitrogens with one attached hydrogen (secondary N) is 2. The van der Waals surface area contributed by atoms with Crippen molar-refractivity contribution in [3.05, 3.63) is 33.9 Å². The van der Waals surface area contributed by atoms with Crippen LogP contribution >= 0.6 is 0 Å². The van der Waals surface area contributed by atoms with Gasteiger partial charge in [0, 0.05) is 18.7 Å². The molecule has 1 aromatic rings. The van der Waals surface area contributed by atoms with Crippen LogP contribution in [0.1, 0.15) is 18.9 Å². The summed E-state index contributed by atoms with van der Waals surface area (Å²) in [5.74, 6) is 0. The lowest BCUT2D eigenvalue weighted by Gasteiger charge is -2.09. The minimum atomic E-state index is -3.72. The molecular formula is C12H19N3O4S. The molecule has 1 aromatic carbocycles. The van der Waals surface area contributed by atoms with E-state index >= 15 is 0 Å². The third-order valence-corrected chi connectivity index (χ3v) is 4.35. The van der Waals surface area contributed by atoms with Crippen molar-refractivity contribution in [3.63, 3.8) is 0 Å². The van der Waals surface area contributed by atoms with Crippen LogP contribution in [-0.4, -0.2) is 33.0 Å². The van der Waals surface area contributed by atoms with Crippen molar-refractivity contribution in [3.8, 4) is 0 Å². The maximum absolute atomic E-state index is 12.1. The molecule has 0 aliphatic carbocycles. The molecule has 0 atom stereocenters. The number of hydrogen-bond donors (Lipinski definition) is 2. The lowest BCUT2D eigenvalue weighted by molar-refractivity contribution is -0.385. The largest absolute Gasteiger partial charge is 0.317 e. The van der Waals surface area contributed by atoms with Gasteiger partial charge in [-0.05, 0) is 32.0 Å². The maximum Gasteiger partial charge on any atom is 0.270 e. The van der Waals surface area contributed by atoms with Crippen molar-refractivity contribution in [1.82, 2.24) is 10.0 Å². The van der Waals surface area contributed by atoms with Gasteiger partial charge in [-0.15, -0.1) is 0 Å². The predicted molar refractivity (Wildman–Crippen MR) is 76.2 cm³/mol. The quantitative estimate of drug-likeness (QED) is 0.426. The van der Waals surface area contributed by atoms with Crippen LogP contribution in [0.25, 0.3) is 0 Å². The number of non-ortho nitro benzene ring substituents is 1. The Morgan fingerprint density at radius 1 is 1.30 bits per heavy atom. The Morgan fingerprint density at radius 3 is 2.60 bits per heavy atom. The van der Waals surface area contributed by atoms with Gasteiger partial charge < -0.3 is 5.32 Å². The summed E-state index contributed by atoms with van der Waals surface area (Å²) in [6, 6.07) is 3.81. The maximum atomic E-state index is 12.1. The zero-order valence-electron chi connectivity index (χ0n) is 11.5. The second kappa shape index (κ2) is 7.32. The Hall–Kier alpha value is -1.51. The average Bonchev–Trinajstić information content (AvgIpc) is 2.38. The highest BCUT2D eigenvalue weighted by Crippen LogP contribution is 2.21. The molecule has 0 unspecified atom stereocenters. The Kier molecular flexibility index (Phi) is 6.05. The van der Waals surface area contributed by atoms with Crippen LogP contribution in [0.15, 0.2) is 23.1 Å². The van der Waals surface area contributed by atoms with E-state index in [-0.39, 0.29) is 17.1 Å². The van der Waals surface area contributed by atoms with E-state index in [9.17, 15) is 18.5 Å². The number of nitrogens with zero attached hydrogens (tertiary/aromatic N) is 1. The van der Waals surface area contributed by atoms with Crippen molar-refractivity contribution in [2.24, 2.45) is 0 Å². The van der Waals surface area contributed by atoms with E-state index < -0.39 is 14.9 Å². The molecule has 0 aliphatic heterocycles. The molecule has 112 valence electrons. The first kappa shape index (κ1) is 16.5. The molecule has 0 spiro atoms. The lowest BCUT2D eigenvalue weighted by atomic mass is 10.2. The molecular weight excluding hydrogens is 282 g/mol. The number of benzene rings is 1. The normalized spacial score (nSPS) is 11.5. The van der Waals surface area contributed by atoms with E-state index in [4.69, 9.17) is 0 Å². The molecule has 0 heterocycles. The van der Waals surface area contributed by atoms with Gasteiger partial charge in [-0.2, -0.15) is 0 Å². The number of nitro benzene ring substituents is 1. The van der Waals surface area contributed by atoms with Gasteiger partial charge >= 0.3 is 0 Å². The molecule has 1 rings (SSSR count). The molecule has 0 amide bonds. The molecule has 7 nitrogen and oxygen atoms in total. The molecule has 0 aromatic heterocycles. The van der Waals surface area contributed by atoms with Crippen molar-refractivity contribution in [1.29, 1.82) is 0 Å². The minimum Gasteiger partial charge on any atom is -0.317 e. The minimum absolute atomic E-state index is 0.0462. The van der Waals surface area contributed by atoms with Crippen molar-refractivity contribution in [2.45, 2.75) is 25.2 Å². The van der Waals surface area contributed by atoms with Gasteiger partial charge in [0.2, 0.25) is 10.0 Å². The van der Waals surface area contributed by atoms with Gasteiger partial charge in [0.1, 0.15) is 0 Å². The fourth-order valence-corrected chi connectivity index (χ4v) is 3.00.